The molecule has 1 heterocycles. The number of rotatable bonds is 5. The van der Waals surface area contributed by atoms with Crippen molar-refractivity contribution >= 4 is 11.8 Å². The smallest absolute Gasteiger partial charge is 0.239 e. The minimum atomic E-state index is -0.117. The zero-order valence-electron chi connectivity index (χ0n) is 11.6. The minimum absolute atomic E-state index is 0.0170. The lowest BCUT2D eigenvalue weighted by Gasteiger charge is -2.28. The molecule has 3 N–H and O–H groups in total. The van der Waals surface area contributed by atoms with Gasteiger partial charge < -0.3 is 16.0 Å². The van der Waals surface area contributed by atoms with Crippen LogP contribution in [-0.2, 0) is 9.59 Å². The summed E-state index contributed by atoms with van der Waals surface area (Å²) in [7, 11) is 0. The third kappa shape index (κ3) is 5.04. The number of hydrogen-bond donors (Lipinski definition) is 3. The molecule has 0 aliphatic carbocycles. The topological polar surface area (TPSA) is 70.2 Å². The molecule has 1 rings (SSSR count). The number of nitrogens with one attached hydrogen (secondary N) is 3. The van der Waals surface area contributed by atoms with Crippen molar-refractivity contribution in [1.29, 1.82) is 0 Å². The SMILES string of the molecule is CC(C)CNC(=O)CNC(=O)C1CCCNC1C. The van der Waals surface area contributed by atoms with Gasteiger partial charge >= 0.3 is 0 Å². The fraction of sp³-hybridized carbons (Fsp3) is 0.846. The molecule has 0 aromatic carbocycles. The van der Waals surface area contributed by atoms with Crippen LogP contribution in [0.4, 0.5) is 0 Å². The van der Waals surface area contributed by atoms with E-state index in [1.165, 1.54) is 0 Å². The van der Waals surface area contributed by atoms with E-state index in [9.17, 15) is 9.59 Å². The molecule has 1 aliphatic rings. The normalized spacial score (nSPS) is 23.8. The van der Waals surface area contributed by atoms with Crippen LogP contribution < -0.4 is 16.0 Å². The highest BCUT2D eigenvalue weighted by molar-refractivity contribution is 5.86. The summed E-state index contributed by atoms with van der Waals surface area (Å²) in [6.45, 7) is 7.79. The number of carbonyl (C=O) groups is 2. The van der Waals surface area contributed by atoms with Crippen molar-refractivity contribution in [2.24, 2.45) is 11.8 Å². The first-order valence-electron chi connectivity index (χ1n) is 6.78. The Balaban J connectivity index is 2.25. The van der Waals surface area contributed by atoms with E-state index in [0.717, 1.165) is 19.4 Å². The first-order valence-corrected chi connectivity index (χ1v) is 6.78. The summed E-state index contributed by atoms with van der Waals surface area (Å²) >= 11 is 0. The van der Waals surface area contributed by atoms with Gasteiger partial charge in [0.25, 0.3) is 0 Å². The predicted molar refractivity (Wildman–Crippen MR) is 71.0 cm³/mol. The Labute approximate surface area is 109 Å². The molecule has 0 aromatic rings. The summed E-state index contributed by atoms with van der Waals surface area (Å²) < 4.78 is 0. The minimum Gasteiger partial charge on any atom is -0.354 e. The molecule has 2 atom stereocenters. The number of carbonyl (C=O) groups excluding carboxylic acids is 2. The third-order valence-electron chi connectivity index (χ3n) is 3.23. The Kier molecular flexibility index (Phi) is 6.12. The lowest BCUT2D eigenvalue weighted by molar-refractivity contribution is -0.129. The Hall–Kier alpha value is -1.10. The fourth-order valence-corrected chi connectivity index (χ4v) is 2.08. The van der Waals surface area contributed by atoms with Crippen molar-refractivity contribution in [3.8, 4) is 0 Å². The molecule has 5 heteroatoms. The van der Waals surface area contributed by atoms with Gasteiger partial charge in [0.1, 0.15) is 0 Å². The maximum absolute atomic E-state index is 11.9. The zero-order valence-corrected chi connectivity index (χ0v) is 11.6. The molecule has 1 saturated heterocycles. The molecule has 2 amide bonds. The quantitative estimate of drug-likeness (QED) is 0.660. The van der Waals surface area contributed by atoms with Crippen LogP contribution in [0.2, 0.25) is 0 Å². The third-order valence-corrected chi connectivity index (χ3v) is 3.23. The Morgan fingerprint density at radius 2 is 2.06 bits per heavy atom. The van der Waals surface area contributed by atoms with Crippen molar-refractivity contribution in [1.82, 2.24) is 16.0 Å². The first kappa shape index (κ1) is 15.0. The molecule has 1 aliphatic heterocycles. The van der Waals surface area contributed by atoms with E-state index in [1.54, 1.807) is 0 Å². The summed E-state index contributed by atoms with van der Waals surface area (Å²) in [6, 6.07) is 0.192. The standard InChI is InChI=1S/C13H25N3O2/c1-9(2)7-15-12(17)8-16-13(18)11-5-4-6-14-10(11)3/h9-11,14H,4-8H2,1-3H3,(H,15,17)(H,16,18). The van der Waals surface area contributed by atoms with Crippen LogP contribution in [0.5, 0.6) is 0 Å². The second-order valence-electron chi connectivity index (χ2n) is 5.41. The summed E-state index contributed by atoms with van der Waals surface area (Å²) in [6.07, 6.45) is 1.91. The van der Waals surface area contributed by atoms with Crippen molar-refractivity contribution in [3.63, 3.8) is 0 Å². The molecule has 0 saturated carbocycles. The van der Waals surface area contributed by atoms with E-state index in [1.807, 2.05) is 20.8 Å². The van der Waals surface area contributed by atoms with Crippen LogP contribution in [0.25, 0.3) is 0 Å². The Morgan fingerprint density at radius 3 is 2.67 bits per heavy atom. The molecule has 1 fully saturated rings. The van der Waals surface area contributed by atoms with Gasteiger partial charge in [-0.25, -0.2) is 0 Å². The van der Waals surface area contributed by atoms with Gasteiger partial charge in [-0.2, -0.15) is 0 Å². The lowest BCUT2D eigenvalue weighted by Crippen LogP contribution is -2.48. The van der Waals surface area contributed by atoms with E-state index in [4.69, 9.17) is 0 Å². The van der Waals surface area contributed by atoms with Crippen molar-refractivity contribution < 1.29 is 9.59 Å². The van der Waals surface area contributed by atoms with E-state index in [0.29, 0.717) is 12.5 Å². The second-order valence-corrected chi connectivity index (χ2v) is 5.41. The highest BCUT2D eigenvalue weighted by atomic mass is 16.2. The molecular weight excluding hydrogens is 230 g/mol. The summed E-state index contributed by atoms with van der Waals surface area (Å²) in [5.74, 6) is 0.270. The van der Waals surface area contributed by atoms with Crippen LogP contribution in [0, 0.1) is 11.8 Å². The van der Waals surface area contributed by atoms with Gasteiger partial charge in [0, 0.05) is 12.6 Å². The van der Waals surface area contributed by atoms with Crippen LogP contribution in [0.15, 0.2) is 0 Å². The van der Waals surface area contributed by atoms with Gasteiger partial charge in [0.05, 0.1) is 12.5 Å². The van der Waals surface area contributed by atoms with Crippen molar-refractivity contribution in [2.45, 2.75) is 39.7 Å². The average Bonchev–Trinajstić information content (AvgIpc) is 2.34. The molecule has 0 aromatic heterocycles. The number of amides is 2. The van der Waals surface area contributed by atoms with Gasteiger partial charge in [-0.15, -0.1) is 0 Å². The largest absolute Gasteiger partial charge is 0.354 e. The lowest BCUT2D eigenvalue weighted by atomic mass is 9.91. The Morgan fingerprint density at radius 1 is 1.33 bits per heavy atom. The van der Waals surface area contributed by atoms with E-state index in [-0.39, 0.29) is 30.3 Å². The molecule has 0 radical (unpaired) electrons. The average molecular weight is 255 g/mol. The molecule has 0 bridgehead atoms. The summed E-state index contributed by atoms with van der Waals surface area (Å²) in [5, 5.41) is 8.78. The molecular formula is C13H25N3O2. The van der Waals surface area contributed by atoms with E-state index in [2.05, 4.69) is 16.0 Å². The van der Waals surface area contributed by atoms with Crippen molar-refractivity contribution in [2.75, 3.05) is 19.6 Å². The van der Waals surface area contributed by atoms with Gasteiger partial charge in [0.2, 0.25) is 11.8 Å². The predicted octanol–water partition coefficient (Wildman–Crippen LogP) is 0.263. The second kappa shape index (κ2) is 7.36. The molecule has 5 nitrogen and oxygen atoms in total. The van der Waals surface area contributed by atoms with Gasteiger partial charge in [-0.1, -0.05) is 13.8 Å². The first-order chi connectivity index (χ1) is 8.50. The van der Waals surface area contributed by atoms with Crippen LogP contribution in [0.1, 0.15) is 33.6 Å². The van der Waals surface area contributed by atoms with Crippen molar-refractivity contribution in [3.05, 3.63) is 0 Å². The highest BCUT2D eigenvalue weighted by Crippen LogP contribution is 2.15. The van der Waals surface area contributed by atoms with Gasteiger partial charge in [-0.05, 0) is 32.2 Å². The fourth-order valence-electron chi connectivity index (χ4n) is 2.08. The molecule has 0 spiro atoms. The van der Waals surface area contributed by atoms with Crippen LogP contribution >= 0.6 is 0 Å². The van der Waals surface area contributed by atoms with E-state index < -0.39 is 0 Å². The number of piperidine rings is 1. The number of hydrogen-bond acceptors (Lipinski definition) is 3. The molecule has 2 unspecified atom stereocenters. The molecule has 104 valence electrons. The summed E-state index contributed by atoms with van der Waals surface area (Å²) in [4.78, 5) is 23.4. The summed E-state index contributed by atoms with van der Waals surface area (Å²) in [5.41, 5.74) is 0. The van der Waals surface area contributed by atoms with Crippen LogP contribution in [-0.4, -0.2) is 37.5 Å². The zero-order chi connectivity index (χ0) is 13.5. The molecule has 18 heavy (non-hydrogen) atoms. The van der Waals surface area contributed by atoms with E-state index >= 15 is 0 Å². The highest BCUT2D eigenvalue weighted by Gasteiger charge is 2.27. The Bertz CT molecular complexity index is 292. The van der Waals surface area contributed by atoms with Gasteiger partial charge in [0.15, 0.2) is 0 Å². The maximum Gasteiger partial charge on any atom is 0.239 e. The van der Waals surface area contributed by atoms with Gasteiger partial charge in [-0.3, -0.25) is 9.59 Å². The maximum atomic E-state index is 11.9. The monoisotopic (exact) mass is 255 g/mol. The van der Waals surface area contributed by atoms with Crippen LogP contribution in [0.3, 0.4) is 0 Å².